The molecule has 0 aliphatic carbocycles. The van der Waals surface area contributed by atoms with Crippen molar-refractivity contribution < 1.29 is 17.9 Å². The van der Waals surface area contributed by atoms with Crippen LogP contribution in [0.1, 0.15) is 5.56 Å². The van der Waals surface area contributed by atoms with E-state index in [-0.39, 0.29) is 31.7 Å². The monoisotopic (exact) mass is 399 g/mol. The molecule has 0 spiro atoms. The average molecular weight is 401 g/mol. The number of nitrogen functional groups attached to an aromatic ring is 1. The number of benzene rings is 2. The highest BCUT2D eigenvalue weighted by atomic mass is 79.9. The van der Waals surface area contributed by atoms with Gasteiger partial charge in [0.1, 0.15) is 5.75 Å². The largest absolute Gasteiger partial charge is 0.454 e. The van der Waals surface area contributed by atoms with Crippen molar-refractivity contribution in [3.63, 3.8) is 0 Å². The molecule has 0 heterocycles. The van der Waals surface area contributed by atoms with Gasteiger partial charge in [0.25, 0.3) is 0 Å². The Morgan fingerprint density at radius 2 is 1.62 bits per heavy atom. The van der Waals surface area contributed by atoms with Crippen LogP contribution in [0.25, 0.3) is 0 Å². The highest BCUT2D eigenvalue weighted by Gasteiger charge is 2.31. The smallest absolute Gasteiger partial charge is 0.416 e. The van der Waals surface area contributed by atoms with Crippen LogP contribution in [0.4, 0.5) is 18.9 Å². The second-order valence-electron chi connectivity index (χ2n) is 4.05. The molecule has 0 radical (unpaired) electrons. The zero-order chi connectivity index (χ0) is 15.8. The van der Waals surface area contributed by atoms with Gasteiger partial charge in [0, 0.05) is 6.07 Å². The van der Waals surface area contributed by atoms with Crippen LogP contribution in [0.5, 0.6) is 11.5 Å². The van der Waals surface area contributed by atoms with Crippen molar-refractivity contribution in [3.05, 3.63) is 50.4 Å². The molecule has 2 N–H and O–H groups in total. The standard InChI is InChI=1S/C13H7BrCl2F3NO/c14-7-3-6(13(17,18)19)1-2-11(7)21-12-5-9(16)8(15)4-10(12)20/h1-5H,20H2. The third-order valence-corrected chi connectivity index (χ3v) is 3.87. The van der Waals surface area contributed by atoms with Crippen molar-refractivity contribution in [2.45, 2.75) is 6.18 Å². The highest BCUT2D eigenvalue weighted by Crippen LogP contribution is 2.39. The van der Waals surface area contributed by atoms with E-state index in [4.69, 9.17) is 33.7 Å². The summed E-state index contributed by atoms with van der Waals surface area (Å²) in [5.41, 5.74) is 5.15. The molecule has 0 saturated carbocycles. The van der Waals surface area contributed by atoms with Crippen molar-refractivity contribution >= 4 is 44.8 Å². The first-order valence-corrected chi connectivity index (χ1v) is 7.02. The van der Waals surface area contributed by atoms with Gasteiger partial charge >= 0.3 is 6.18 Å². The van der Waals surface area contributed by atoms with Gasteiger partial charge in [0.05, 0.1) is 25.8 Å². The van der Waals surface area contributed by atoms with Gasteiger partial charge in [-0.1, -0.05) is 23.2 Å². The van der Waals surface area contributed by atoms with E-state index in [0.29, 0.717) is 0 Å². The Morgan fingerprint density at radius 1 is 1.00 bits per heavy atom. The molecule has 0 aromatic heterocycles. The zero-order valence-corrected chi connectivity index (χ0v) is 13.2. The number of hydrogen-bond donors (Lipinski definition) is 1. The number of anilines is 1. The maximum absolute atomic E-state index is 12.6. The molecular weight excluding hydrogens is 394 g/mol. The Hall–Kier alpha value is -1.11. The van der Waals surface area contributed by atoms with E-state index in [9.17, 15) is 13.2 Å². The molecule has 0 atom stereocenters. The molecule has 0 aliphatic heterocycles. The van der Waals surface area contributed by atoms with Crippen LogP contribution in [-0.2, 0) is 6.18 Å². The van der Waals surface area contributed by atoms with E-state index in [1.54, 1.807) is 0 Å². The minimum Gasteiger partial charge on any atom is -0.454 e. The molecule has 21 heavy (non-hydrogen) atoms. The van der Waals surface area contributed by atoms with E-state index < -0.39 is 11.7 Å². The van der Waals surface area contributed by atoms with E-state index >= 15 is 0 Å². The average Bonchev–Trinajstić information content (AvgIpc) is 2.36. The van der Waals surface area contributed by atoms with Crippen molar-refractivity contribution in [1.29, 1.82) is 0 Å². The summed E-state index contributed by atoms with van der Waals surface area (Å²) in [6.45, 7) is 0. The molecule has 0 fully saturated rings. The number of halogens is 6. The first-order chi connectivity index (χ1) is 9.68. The molecule has 0 amide bonds. The lowest BCUT2D eigenvalue weighted by atomic mass is 10.2. The quantitative estimate of drug-likeness (QED) is 0.613. The van der Waals surface area contributed by atoms with Gasteiger partial charge < -0.3 is 10.5 Å². The topological polar surface area (TPSA) is 35.2 Å². The molecule has 2 nitrogen and oxygen atoms in total. The number of rotatable bonds is 2. The minimum atomic E-state index is -4.43. The first kappa shape index (κ1) is 16.3. The summed E-state index contributed by atoms with van der Waals surface area (Å²) in [7, 11) is 0. The van der Waals surface area contributed by atoms with Crippen LogP contribution in [0.15, 0.2) is 34.8 Å². The Balaban J connectivity index is 2.35. The van der Waals surface area contributed by atoms with Crippen LogP contribution in [-0.4, -0.2) is 0 Å². The van der Waals surface area contributed by atoms with Gasteiger partial charge in [-0.15, -0.1) is 0 Å². The van der Waals surface area contributed by atoms with Gasteiger partial charge in [-0.2, -0.15) is 13.2 Å². The Bertz CT molecular complexity index is 692. The summed E-state index contributed by atoms with van der Waals surface area (Å²) in [5, 5.41) is 0.483. The lowest BCUT2D eigenvalue weighted by Gasteiger charge is -2.13. The lowest BCUT2D eigenvalue weighted by Crippen LogP contribution is -2.04. The summed E-state index contributed by atoms with van der Waals surface area (Å²) in [5.74, 6) is 0.373. The molecule has 0 bridgehead atoms. The Morgan fingerprint density at radius 3 is 2.19 bits per heavy atom. The fourth-order valence-corrected chi connectivity index (χ4v) is 2.30. The van der Waals surface area contributed by atoms with Crippen LogP contribution in [0.3, 0.4) is 0 Å². The van der Waals surface area contributed by atoms with E-state index in [0.717, 1.165) is 12.1 Å². The van der Waals surface area contributed by atoms with Crippen molar-refractivity contribution in [2.75, 3.05) is 5.73 Å². The summed E-state index contributed by atoms with van der Waals surface area (Å²) in [6, 6.07) is 5.81. The van der Waals surface area contributed by atoms with Crippen LogP contribution in [0.2, 0.25) is 10.0 Å². The molecular formula is C13H7BrCl2F3NO. The summed E-state index contributed by atoms with van der Waals surface area (Å²) in [4.78, 5) is 0. The second kappa shape index (κ2) is 5.94. The van der Waals surface area contributed by atoms with Gasteiger partial charge in [0.15, 0.2) is 5.75 Å². The van der Waals surface area contributed by atoms with Crippen LogP contribution < -0.4 is 10.5 Å². The van der Waals surface area contributed by atoms with Crippen molar-refractivity contribution in [3.8, 4) is 11.5 Å². The van der Waals surface area contributed by atoms with Crippen molar-refractivity contribution in [2.24, 2.45) is 0 Å². The number of hydrogen-bond acceptors (Lipinski definition) is 2. The van der Waals surface area contributed by atoms with Gasteiger partial charge in [0.2, 0.25) is 0 Å². The zero-order valence-electron chi connectivity index (χ0n) is 10.1. The second-order valence-corrected chi connectivity index (χ2v) is 5.72. The van der Waals surface area contributed by atoms with Gasteiger partial charge in [-0.3, -0.25) is 0 Å². The highest BCUT2D eigenvalue weighted by molar-refractivity contribution is 9.10. The summed E-state index contributed by atoms with van der Waals surface area (Å²) >= 11 is 14.7. The summed E-state index contributed by atoms with van der Waals surface area (Å²) < 4.78 is 43.3. The number of nitrogens with two attached hydrogens (primary N) is 1. The maximum Gasteiger partial charge on any atom is 0.416 e. The Kier molecular flexibility index (Phi) is 4.60. The Labute approximate surface area is 136 Å². The van der Waals surface area contributed by atoms with E-state index in [1.165, 1.54) is 18.2 Å². The molecule has 2 aromatic carbocycles. The summed E-state index contributed by atoms with van der Waals surface area (Å²) in [6.07, 6.45) is -4.43. The molecule has 112 valence electrons. The molecule has 0 saturated heterocycles. The first-order valence-electron chi connectivity index (χ1n) is 5.47. The number of alkyl halides is 3. The fourth-order valence-electron chi connectivity index (χ4n) is 1.51. The molecule has 2 aromatic rings. The van der Waals surface area contributed by atoms with Crippen LogP contribution in [0, 0.1) is 0 Å². The van der Waals surface area contributed by atoms with Crippen LogP contribution >= 0.6 is 39.1 Å². The third kappa shape index (κ3) is 3.75. The van der Waals surface area contributed by atoms with Crippen molar-refractivity contribution in [1.82, 2.24) is 0 Å². The van der Waals surface area contributed by atoms with E-state index in [1.807, 2.05) is 0 Å². The van der Waals surface area contributed by atoms with E-state index in [2.05, 4.69) is 15.9 Å². The van der Waals surface area contributed by atoms with Gasteiger partial charge in [-0.05, 0) is 40.2 Å². The minimum absolute atomic E-state index is 0.141. The predicted molar refractivity (Wildman–Crippen MR) is 80.1 cm³/mol. The SMILES string of the molecule is Nc1cc(Cl)c(Cl)cc1Oc1ccc(C(F)(F)F)cc1Br. The molecule has 0 aliphatic rings. The maximum atomic E-state index is 12.6. The normalized spacial score (nSPS) is 11.5. The number of ether oxygens (including phenoxy) is 1. The fraction of sp³-hybridized carbons (Fsp3) is 0.0769. The molecule has 0 unspecified atom stereocenters. The molecule has 2 rings (SSSR count). The van der Waals surface area contributed by atoms with Gasteiger partial charge in [-0.25, -0.2) is 0 Å². The lowest BCUT2D eigenvalue weighted by molar-refractivity contribution is -0.137. The molecule has 8 heteroatoms. The predicted octanol–water partition coefficient (Wildman–Crippen LogP) is 6.15. The third-order valence-electron chi connectivity index (χ3n) is 2.53.